The molecular formula is C17H20N4O6S. The van der Waals surface area contributed by atoms with Crippen molar-refractivity contribution in [1.82, 2.24) is 9.97 Å². The summed E-state index contributed by atoms with van der Waals surface area (Å²) in [5.41, 5.74) is 4.75. The normalized spacial score (nSPS) is 11.6. The van der Waals surface area contributed by atoms with Crippen molar-refractivity contribution in [3.05, 3.63) is 36.0 Å². The Hall–Kier alpha value is -3.21. The molecule has 0 saturated carbocycles. The van der Waals surface area contributed by atoms with Gasteiger partial charge in [0, 0.05) is 24.2 Å². The number of amides is 2. The lowest BCUT2D eigenvalue weighted by Crippen LogP contribution is -2.27. The van der Waals surface area contributed by atoms with Gasteiger partial charge in [0.25, 0.3) is 5.91 Å². The molecule has 1 aromatic carbocycles. The van der Waals surface area contributed by atoms with Crippen molar-refractivity contribution in [3.63, 3.8) is 0 Å². The summed E-state index contributed by atoms with van der Waals surface area (Å²) in [6.07, 6.45) is 1.23. The minimum Gasteiger partial charge on any atom is -0.444 e. The summed E-state index contributed by atoms with van der Waals surface area (Å²) in [4.78, 5) is 30.8. The van der Waals surface area contributed by atoms with Crippen LogP contribution in [0.1, 0.15) is 31.1 Å². The Balaban J connectivity index is 2.31. The molecule has 11 heteroatoms. The first-order valence-corrected chi connectivity index (χ1v) is 9.89. The van der Waals surface area contributed by atoms with Gasteiger partial charge in [-0.2, -0.15) is 4.98 Å². The van der Waals surface area contributed by atoms with Crippen LogP contribution in [0.4, 0.5) is 10.5 Å². The maximum Gasteiger partial charge on any atom is 0.412 e. The summed E-state index contributed by atoms with van der Waals surface area (Å²) in [6.45, 7) is 5.18. The third-order valence-corrected chi connectivity index (χ3v) is 3.88. The molecule has 0 aliphatic carbocycles. The molecule has 1 aromatic heterocycles. The first-order valence-electron chi connectivity index (χ1n) is 8.00. The van der Waals surface area contributed by atoms with Gasteiger partial charge >= 0.3 is 6.09 Å². The second kappa shape index (κ2) is 7.80. The van der Waals surface area contributed by atoms with Gasteiger partial charge < -0.3 is 15.2 Å². The monoisotopic (exact) mass is 408 g/mol. The number of aromatic nitrogens is 2. The van der Waals surface area contributed by atoms with Crippen LogP contribution in [0.3, 0.4) is 0 Å². The largest absolute Gasteiger partial charge is 0.444 e. The lowest BCUT2D eigenvalue weighted by molar-refractivity contribution is 0.0635. The Morgan fingerprint density at radius 1 is 1.21 bits per heavy atom. The van der Waals surface area contributed by atoms with E-state index >= 15 is 0 Å². The summed E-state index contributed by atoms with van der Waals surface area (Å²) in [5.74, 6) is -1.04. The lowest BCUT2D eigenvalue weighted by atomic mass is 10.2. The number of carbonyl (C=O) groups excluding carboxylic acids is 2. The molecule has 0 saturated heterocycles. The molecule has 2 rings (SSSR count). The molecule has 2 amide bonds. The van der Waals surface area contributed by atoms with Gasteiger partial charge in [0.1, 0.15) is 16.9 Å². The molecule has 0 aliphatic rings. The Morgan fingerprint density at radius 3 is 2.46 bits per heavy atom. The van der Waals surface area contributed by atoms with E-state index in [9.17, 15) is 18.0 Å². The molecule has 0 bridgehead atoms. The molecule has 28 heavy (non-hydrogen) atoms. The van der Waals surface area contributed by atoms with Crippen LogP contribution in [0.2, 0.25) is 0 Å². The van der Waals surface area contributed by atoms with E-state index in [1.807, 2.05) is 0 Å². The highest BCUT2D eigenvalue weighted by Gasteiger charge is 2.20. The summed E-state index contributed by atoms with van der Waals surface area (Å²) in [6, 6.07) is 6.13. The maximum absolute atomic E-state index is 11.9. The van der Waals surface area contributed by atoms with E-state index in [1.165, 1.54) is 12.1 Å². The molecule has 1 heterocycles. The van der Waals surface area contributed by atoms with Crippen LogP contribution in [0, 0.1) is 0 Å². The zero-order chi connectivity index (χ0) is 21.1. The average molecular weight is 408 g/mol. The molecular weight excluding hydrogens is 388 g/mol. The van der Waals surface area contributed by atoms with E-state index in [0.29, 0.717) is 5.69 Å². The van der Waals surface area contributed by atoms with Crippen LogP contribution in [-0.4, -0.2) is 42.2 Å². The van der Waals surface area contributed by atoms with E-state index < -0.39 is 32.6 Å². The van der Waals surface area contributed by atoms with Gasteiger partial charge in [-0.25, -0.2) is 18.2 Å². The highest BCUT2D eigenvalue weighted by molar-refractivity contribution is 7.90. The standard InChI is InChI=1S/C17H20N4O6S/c1-17(2,3)27-16(23)20-10-6-5-7-11(8-10)26-14-12(13(18)22)9-19-15(21-14)28(4,24)25/h5-9H,1-4H3,(H2,18,22)(H,20,23). The van der Waals surface area contributed by atoms with Crippen LogP contribution in [0.15, 0.2) is 35.6 Å². The highest BCUT2D eigenvalue weighted by Crippen LogP contribution is 2.26. The fourth-order valence-electron chi connectivity index (χ4n) is 1.95. The van der Waals surface area contributed by atoms with Gasteiger partial charge in [0.15, 0.2) is 0 Å². The first-order chi connectivity index (χ1) is 12.8. The third-order valence-electron chi connectivity index (χ3n) is 3.02. The zero-order valence-electron chi connectivity index (χ0n) is 15.7. The number of benzene rings is 1. The Labute approximate surface area is 162 Å². The SMILES string of the molecule is CC(C)(C)OC(=O)Nc1cccc(Oc2nc(S(C)(=O)=O)ncc2C(N)=O)c1. The second-order valence-corrected chi connectivity index (χ2v) is 8.67. The fourth-order valence-corrected chi connectivity index (χ4v) is 2.44. The fraction of sp³-hybridized carbons (Fsp3) is 0.294. The van der Waals surface area contributed by atoms with Crippen LogP contribution in [-0.2, 0) is 14.6 Å². The topological polar surface area (TPSA) is 151 Å². The number of sulfone groups is 1. The molecule has 0 spiro atoms. The third kappa shape index (κ3) is 5.91. The number of hydrogen-bond donors (Lipinski definition) is 2. The molecule has 0 fully saturated rings. The van der Waals surface area contributed by atoms with Gasteiger partial charge in [-0.3, -0.25) is 10.1 Å². The maximum atomic E-state index is 11.9. The van der Waals surface area contributed by atoms with Crippen LogP contribution in [0.5, 0.6) is 11.6 Å². The second-order valence-electron chi connectivity index (χ2n) is 6.76. The minimum atomic E-state index is -3.73. The number of anilines is 1. The van der Waals surface area contributed by atoms with Crippen molar-refractivity contribution in [2.75, 3.05) is 11.6 Å². The Kier molecular flexibility index (Phi) is 5.88. The number of nitrogens with two attached hydrogens (primary N) is 1. The number of carbonyl (C=O) groups is 2. The molecule has 150 valence electrons. The predicted octanol–water partition coefficient (Wildman–Crippen LogP) is 2.12. The molecule has 10 nitrogen and oxygen atoms in total. The van der Waals surface area contributed by atoms with E-state index in [0.717, 1.165) is 12.5 Å². The number of nitrogens with zero attached hydrogens (tertiary/aromatic N) is 2. The predicted molar refractivity (Wildman–Crippen MR) is 100 cm³/mol. The summed E-state index contributed by atoms with van der Waals surface area (Å²) >= 11 is 0. The van der Waals surface area contributed by atoms with Crippen LogP contribution >= 0.6 is 0 Å². The molecule has 0 aliphatic heterocycles. The highest BCUT2D eigenvalue weighted by atomic mass is 32.2. The van der Waals surface area contributed by atoms with Gasteiger partial charge in [0.05, 0.1) is 0 Å². The van der Waals surface area contributed by atoms with Crippen molar-refractivity contribution >= 4 is 27.5 Å². The average Bonchev–Trinajstić information content (AvgIpc) is 2.52. The summed E-state index contributed by atoms with van der Waals surface area (Å²) < 4.78 is 34.0. The number of rotatable bonds is 5. The van der Waals surface area contributed by atoms with Gasteiger partial charge in [0.2, 0.25) is 20.9 Å². The van der Waals surface area contributed by atoms with Crippen molar-refractivity contribution in [3.8, 4) is 11.6 Å². The minimum absolute atomic E-state index is 0.175. The number of primary amides is 1. The molecule has 0 atom stereocenters. The van der Waals surface area contributed by atoms with E-state index in [4.69, 9.17) is 15.2 Å². The number of ether oxygens (including phenoxy) is 2. The number of hydrogen-bond acceptors (Lipinski definition) is 8. The first kappa shape index (κ1) is 21.1. The summed E-state index contributed by atoms with van der Waals surface area (Å²) in [5, 5.41) is 2.02. The summed E-state index contributed by atoms with van der Waals surface area (Å²) in [7, 11) is -3.73. The van der Waals surface area contributed by atoms with Crippen LogP contribution in [0.25, 0.3) is 0 Å². The lowest BCUT2D eigenvalue weighted by Gasteiger charge is -2.19. The van der Waals surface area contributed by atoms with Crippen molar-refractivity contribution in [1.29, 1.82) is 0 Å². The molecule has 0 radical (unpaired) electrons. The molecule has 3 N–H and O–H groups in total. The smallest absolute Gasteiger partial charge is 0.412 e. The van der Waals surface area contributed by atoms with E-state index in [1.54, 1.807) is 32.9 Å². The van der Waals surface area contributed by atoms with Crippen LogP contribution < -0.4 is 15.8 Å². The van der Waals surface area contributed by atoms with Gasteiger partial charge in [-0.15, -0.1) is 0 Å². The molecule has 0 unspecified atom stereocenters. The number of nitrogens with one attached hydrogen (secondary N) is 1. The van der Waals surface area contributed by atoms with Crippen molar-refractivity contribution in [2.45, 2.75) is 31.5 Å². The molecule has 2 aromatic rings. The van der Waals surface area contributed by atoms with Gasteiger partial charge in [-0.1, -0.05) is 6.07 Å². The van der Waals surface area contributed by atoms with Crippen molar-refractivity contribution < 1.29 is 27.5 Å². The zero-order valence-corrected chi connectivity index (χ0v) is 16.5. The van der Waals surface area contributed by atoms with Gasteiger partial charge in [-0.05, 0) is 32.9 Å². The Bertz CT molecular complexity index is 1010. The van der Waals surface area contributed by atoms with Crippen molar-refractivity contribution in [2.24, 2.45) is 5.73 Å². The quantitative estimate of drug-likeness (QED) is 0.714. The van der Waals surface area contributed by atoms with E-state index in [2.05, 4.69) is 15.3 Å². The Morgan fingerprint density at radius 2 is 1.89 bits per heavy atom. The van der Waals surface area contributed by atoms with E-state index in [-0.39, 0.29) is 17.2 Å².